The molecular formula is C13H18N2O2. The molecule has 17 heavy (non-hydrogen) atoms. The maximum absolute atomic E-state index is 10.3. The van der Waals surface area contributed by atoms with Gasteiger partial charge in [0.1, 0.15) is 5.76 Å². The van der Waals surface area contributed by atoms with Crippen molar-refractivity contribution in [3.8, 4) is 0 Å². The van der Waals surface area contributed by atoms with Gasteiger partial charge in [0.2, 0.25) is 0 Å². The van der Waals surface area contributed by atoms with Crippen molar-refractivity contribution in [2.75, 3.05) is 6.54 Å². The van der Waals surface area contributed by atoms with Gasteiger partial charge in [-0.3, -0.25) is 4.90 Å². The number of hydrogen-bond acceptors (Lipinski definition) is 4. The Bertz CT molecular complexity index is 442. The molecule has 5 unspecified atom stereocenters. The number of fused-ring (bicyclic) bond motifs is 1. The highest BCUT2D eigenvalue weighted by Gasteiger charge is 2.58. The molecule has 2 bridgehead atoms. The Hall–Kier alpha value is -0.870. The second kappa shape index (κ2) is 3.33. The summed E-state index contributed by atoms with van der Waals surface area (Å²) in [5, 5.41) is 10.3. The summed E-state index contributed by atoms with van der Waals surface area (Å²) in [5.74, 6) is 3.04. The van der Waals surface area contributed by atoms with Gasteiger partial charge in [-0.1, -0.05) is 0 Å². The number of aliphatic hydroxyl groups excluding tert-OH is 1. The maximum Gasteiger partial charge on any atom is 0.181 e. The van der Waals surface area contributed by atoms with Crippen LogP contribution in [0.25, 0.3) is 0 Å². The van der Waals surface area contributed by atoms with E-state index in [-0.39, 0.29) is 6.10 Å². The Morgan fingerprint density at radius 1 is 1.47 bits per heavy atom. The predicted octanol–water partition coefficient (Wildman–Crippen LogP) is 1.18. The van der Waals surface area contributed by atoms with Crippen LogP contribution in [0.5, 0.6) is 0 Å². The average molecular weight is 234 g/mol. The van der Waals surface area contributed by atoms with E-state index in [0.717, 1.165) is 36.4 Å². The Kier molecular flexibility index (Phi) is 1.97. The zero-order chi connectivity index (χ0) is 11.6. The first kappa shape index (κ1) is 10.1. The van der Waals surface area contributed by atoms with Crippen molar-refractivity contribution < 1.29 is 9.52 Å². The molecule has 1 saturated heterocycles. The number of nitrogens with zero attached hydrogens (tertiary/aromatic N) is 2. The van der Waals surface area contributed by atoms with Gasteiger partial charge in [0.15, 0.2) is 6.39 Å². The zero-order valence-corrected chi connectivity index (χ0v) is 10.0. The van der Waals surface area contributed by atoms with Gasteiger partial charge in [-0.2, -0.15) is 0 Å². The van der Waals surface area contributed by atoms with Crippen LogP contribution in [-0.2, 0) is 6.54 Å². The first-order valence-electron chi connectivity index (χ1n) is 6.55. The van der Waals surface area contributed by atoms with Crippen molar-refractivity contribution >= 4 is 0 Å². The van der Waals surface area contributed by atoms with Crippen LogP contribution in [0, 0.1) is 24.7 Å². The molecule has 4 nitrogen and oxygen atoms in total. The minimum atomic E-state index is -0.106. The van der Waals surface area contributed by atoms with Crippen molar-refractivity contribution in [1.82, 2.24) is 9.88 Å². The molecule has 1 aliphatic heterocycles. The monoisotopic (exact) mass is 234 g/mol. The van der Waals surface area contributed by atoms with Gasteiger partial charge < -0.3 is 9.52 Å². The second-order valence-electron chi connectivity index (χ2n) is 5.92. The topological polar surface area (TPSA) is 49.5 Å². The highest BCUT2D eigenvalue weighted by molar-refractivity contribution is 5.13. The lowest BCUT2D eigenvalue weighted by molar-refractivity contribution is 0.0479. The van der Waals surface area contributed by atoms with Crippen LogP contribution in [0.3, 0.4) is 0 Å². The van der Waals surface area contributed by atoms with E-state index in [4.69, 9.17) is 4.42 Å². The smallest absolute Gasteiger partial charge is 0.181 e. The van der Waals surface area contributed by atoms with Crippen LogP contribution < -0.4 is 0 Å². The highest BCUT2D eigenvalue weighted by atomic mass is 16.3. The molecule has 2 heterocycles. The van der Waals surface area contributed by atoms with Crippen molar-refractivity contribution in [3.63, 3.8) is 0 Å². The van der Waals surface area contributed by atoms with Crippen LogP contribution in [0.2, 0.25) is 0 Å². The first-order valence-corrected chi connectivity index (χ1v) is 6.55. The molecule has 3 fully saturated rings. The number of likely N-dealkylation sites (tertiary alicyclic amines) is 1. The number of oxazole rings is 1. The van der Waals surface area contributed by atoms with Crippen molar-refractivity contribution in [2.45, 2.75) is 38.5 Å². The molecule has 2 saturated carbocycles. The van der Waals surface area contributed by atoms with Crippen LogP contribution in [0.1, 0.15) is 24.3 Å². The number of aryl methyl sites for hydroxylation is 1. The molecule has 0 spiro atoms. The number of aromatic nitrogens is 1. The molecule has 3 aliphatic rings. The Morgan fingerprint density at radius 3 is 3.06 bits per heavy atom. The summed E-state index contributed by atoms with van der Waals surface area (Å²) in [6.07, 6.45) is 3.89. The highest BCUT2D eigenvalue weighted by Crippen LogP contribution is 2.55. The third kappa shape index (κ3) is 1.28. The van der Waals surface area contributed by atoms with E-state index in [2.05, 4.69) is 9.88 Å². The summed E-state index contributed by atoms with van der Waals surface area (Å²) in [4.78, 5) is 6.70. The van der Waals surface area contributed by atoms with E-state index in [1.165, 1.54) is 19.2 Å². The molecule has 4 heteroatoms. The van der Waals surface area contributed by atoms with Gasteiger partial charge in [0.25, 0.3) is 0 Å². The first-order chi connectivity index (χ1) is 8.24. The van der Waals surface area contributed by atoms with Crippen LogP contribution in [-0.4, -0.2) is 33.7 Å². The molecule has 1 aromatic rings. The molecular weight excluding hydrogens is 216 g/mol. The van der Waals surface area contributed by atoms with Gasteiger partial charge in [-0.15, -0.1) is 0 Å². The molecule has 4 rings (SSSR count). The van der Waals surface area contributed by atoms with E-state index >= 15 is 0 Å². The van der Waals surface area contributed by atoms with Crippen LogP contribution in [0.15, 0.2) is 10.8 Å². The molecule has 1 N–H and O–H groups in total. The summed E-state index contributed by atoms with van der Waals surface area (Å²) in [6, 6.07) is 0.384. The standard InChI is InChI=1S/C13H18N2O2/c1-7-11(14-6-17-7)5-15-4-9-2-8-3-10(9)12(15)13(8)16/h6,8-10,12-13,16H,2-5H2,1H3. The van der Waals surface area contributed by atoms with Crippen molar-refractivity contribution in [2.24, 2.45) is 17.8 Å². The summed E-state index contributed by atoms with van der Waals surface area (Å²) in [5.41, 5.74) is 1.03. The molecule has 5 atom stereocenters. The SMILES string of the molecule is Cc1ocnc1CN1CC2CC3CC2C1C3O. The molecule has 92 valence electrons. The predicted molar refractivity (Wildman–Crippen MR) is 61.1 cm³/mol. The third-order valence-electron chi connectivity index (χ3n) is 5.15. The molecule has 1 aromatic heterocycles. The number of rotatable bonds is 2. The molecule has 2 aliphatic carbocycles. The van der Waals surface area contributed by atoms with Gasteiger partial charge in [-0.25, -0.2) is 4.98 Å². The average Bonchev–Trinajstić information content (AvgIpc) is 2.96. The van der Waals surface area contributed by atoms with Gasteiger partial charge in [-0.05, 0) is 37.5 Å². The lowest BCUT2D eigenvalue weighted by atomic mass is 9.88. The fourth-order valence-corrected chi connectivity index (χ4v) is 4.39. The van der Waals surface area contributed by atoms with Crippen molar-refractivity contribution in [3.05, 3.63) is 17.8 Å². The largest absolute Gasteiger partial charge is 0.448 e. The van der Waals surface area contributed by atoms with E-state index in [9.17, 15) is 5.11 Å². The Labute approximate surface area is 101 Å². The van der Waals surface area contributed by atoms with E-state index in [1.54, 1.807) is 0 Å². The number of aliphatic hydroxyl groups is 1. The van der Waals surface area contributed by atoms with Crippen LogP contribution in [0.4, 0.5) is 0 Å². The second-order valence-corrected chi connectivity index (χ2v) is 5.92. The van der Waals surface area contributed by atoms with E-state index < -0.39 is 0 Å². The third-order valence-corrected chi connectivity index (χ3v) is 5.15. The summed E-state index contributed by atoms with van der Waals surface area (Å²) in [6.45, 7) is 3.93. The van der Waals surface area contributed by atoms with Crippen LogP contribution >= 0.6 is 0 Å². The van der Waals surface area contributed by atoms with Gasteiger partial charge >= 0.3 is 0 Å². The van der Waals surface area contributed by atoms with Gasteiger partial charge in [0, 0.05) is 19.1 Å². The lowest BCUT2D eigenvalue weighted by Gasteiger charge is -2.28. The Balaban J connectivity index is 1.59. The molecule has 0 aromatic carbocycles. The van der Waals surface area contributed by atoms with Crippen molar-refractivity contribution in [1.29, 1.82) is 0 Å². The zero-order valence-electron chi connectivity index (χ0n) is 10.0. The quantitative estimate of drug-likeness (QED) is 0.835. The van der Waals surface area contributed by atoms with Gasteiger partial charge in [0.05, 0.1) is 11.8 Å². The fraction of sp³-hybridized carbons (Fsp3) is 0.769. The van der Waals surface area contributed by atoms with E-state index in [0.29, 0.717) is 12.0 Å². The number of hydrogen-bond donors (Lipinski definition) is 1. The summed E-state index contributed by atoms with van der Waals surface area (Å²) < 4.78 is 5.25. The minimum absolute atomic E-state index is 0.106. The van der Waals surface area contributed by atoms with E-state index in [1.807, 2.05) is 6.92 Å². The molecule has 0 radical (unpaired) electrons. The minimum Gasteiger partial charge on any atom is -0.448 e. The molecule has 0 amide bonds. The maximum atomic E-state index is 10.3. The summed E-state index contributed by atoms with van der Waals surface area (Å²) >= 11 is 0. The fourth-order valence-electron chi connectivity index (χ4n) is 4.39. The Morgan fingerprint density at radius 2 is 2.35 bits per heavy atom. The lowest BCUT2D eigenvalue weighted by Crippen LogP contribution is -2.40. The normalized spacial score (nSPS) is 43.8. The summed E-state index contributed by atoms with van der Waals surface area (Å²) in [7, 11) is 0.